The van der Waals surface area contributed by atoms with Crippen molar-refractivity contribution in [2.24, 2.45) is 0 Å². The number of aliphatic carboxylic acids is 2. The van der Waals surface area contributed by atoms with Crippen LogP contribution in [0.5, 0.6) is 5.75 Å². The third-order valence-corrected chi connectivity index (χ3v) is 6.55. The van der Waals surface area contributed by atoms with Gasteiger partial charge >= 0.3 is 17.5 Å². The highest BCUT2D eigenvalue weighted by molar-refractivity contribution is 7.19. The average Bonchev–Trinajstić information content (AvgIpc) is 3.01. The zero-order chi connectivity index (χ0) is 19.4. The van der Waals surface area contributed by atoms with Crippen LogP contribution < -0.4 is 4.74 Å². The first kappa shape index (κ1) is 19.7. The molecule has 0 atom stereocenters. The van der Waals surface area contributed by atoms with Crippen molar-refractivity contribution in [3.8, 4) is 5.75 Å². The van der Waals surface area contributed by atoms with E-state index >= 15 is 0 Å². The van der Waals surface area contributed by atoms with Crippen LogP contribution >= 0.6 is 11.3 Å². The zero-order valence-electron chi connectivity index (χ0n) is 15.6. The number of benzene rings is 1. The summed E-state index contributed by atoms with van der Waals surface area (Å²) in [4.78, 5) is 25.1. The van der Waals surface area contributed by atoms with Crippen LogP contribution in [-0.4, -0.2) is 27.8 Å². The molecule has 0 saturated carbocycles. The standard InChI is InChI=1S/C21H26O5S/c1-2-3-4-7-12-21(19(22)23,20(24)25)26-14-10-11-16-15-8-5-6-9-17(15)27-18(16)13-14/h10-11,13H,2-9,12H2,1H3,(H,22,23)(H,24,25). The summed E-state index contributed by atoms with van der Waals surface area (Å²) in [7, 11) is 0. The molecule has 0 bridgehead atoms. The number of unbranched alkanes of at least 4 members (excludes halogenated alkanes) is 3. The minimum atomic E-state index is -2.24. The Bertz CT molecular complexity index is 824. The number of carboxylic acids is 2. The summed E-state index contributed by atoms with van der Waals surface area (Å²) in [6, 6.07) is 5.44. The van der Waals surface area contributed by atoms with Crippen LogP contribution in [0.1, 0.15) is 62.3 Å². The summed E-state index contributed by atoms with van der Waals surface area (Å²) in [5.74, 6) is -2.59. The Balaban J connectivity index is 1.88. The number of thiophene rings is 1. The lowest BCUT2D eigenvalue weighted by molar-refractivity contribution is -0.173. The fraction of sp³-hybridized carbons (Fsp3) is 0.524. The average molecular weight is 391 g/mol. The molecule has 1 aromatic heterocycles. The van der Waals surface area contributed by atoms with Crippen molar-refractivity contribution >= 4 is 33.4 Å². The van der Waals surface area contributed by atoms with Crippen molar-refractivity contribution in [1.29, 1.82) is 0 Å². The van der Waals surface area contributed by atoms with Crippen LogP contribution in [0.4, 0.5) is 0 Å². The Hall–Kier alpha value is -2.08. The minimum Gasteiger partial charge on any atom is -0.478 e. The molecule has 27 heavy (non-hydrogen) atoms. The van der Waals surface area contributed by atoms with E-state index in [1.54, 1.807) is 23.5 Å². The van der Waals surface area contributed by atoms with Crippen molar-refractivity contribution in [2.45, 2.75) is 70.3 Å². The summed E-state index contributed by atoms with van der Waals surface area (Å²) in [6.45, 7) is 2.05. The fourth-order valence-corrected chi connectivity index (χ4v) is 5.08. The van der Waals surface area contributed by atoms with Gasteiger partial charge in [-0.15, -0.1) is 11.3 Å². The molecule has 2 N–H and O–H groups in total. The molecule has 1 aliphatic rings. The Morgan fingerprint density at radius 1 is 1.11 bits per heavy atom. The van der Waals surface area contributed by atoms with Crippen molar-refractivity contribution in [3.05, 3.63) is 28.6 Å². The van der Waals surface area contributed by atoms with Gasteiger partial charge in [0.15, 0.2) is 0 Å². The molecule has 0 spiro atoms. The van der Waals surface area contributed by atoms with Gasteiger partial charge in [0.25, 0.3) is 0 Å². The SMILES string of the molecule is CCCCCCC(Oc1ccc2c3c(sc2c1)CCCC3)(C(=O)O)C(=O)O. The molecule has 0 fully saturated rings. The van der Waals surface area contributed by atoms with Gasteiger partial charge in [0, 0.05) is 16.0 Å². The lowest BCUT2D eigenvalue weighted by atomic mass is 9.95. The lowest BCUT2D eigenvalue weighted by Gasteiger charge is -2.26. The van der Waals surface area contributed by atoms with Gasteiger partial charge in [0.05, 0.1) is 0 Å². The number of carboxylic acid groups (broad SMARTS) is 2. The molecule has 0 radical (unpaired) electrons. The Morgan fingerprint density at radius 2 is 1.85 bits per heavy atom. The predicted molar refractivity (Wildman–Crippen MR) is 106 cm³/mol. The van der Waals surface area contributed by atoms with Gasteiger partial charge in [0.1, 0.15) is 5.75 Å². The summed E-state index contributed by atoms with van der Waals surface area (Å²) in [5, 5.41) is 20.5. The third-order valence-electron chi connectivity index (χ3n) is 5.29. The van der Waals surface area contributed by atoms with Gasteiger partial charge in [-0.25, -0.2) is 9.59 Å². The van der Waals surface area contributed by atoms with Crippen LogP contribution in [-0.2, 0) is 22.4 Å². The maximum absolute atomic E-state index is 11.9. The van der Waals surface area contributed by atoms with Crippen molar-refractivity contribution in [1.82, 2.24) is 0 Å². The van der Waals surface area contributed by atoms with Gasteiger partial charge in [0.2, 0.25) is 0 Å². The van der Waals surface area contributed by atoms with Gasteiger partial charge in [-0.05, 0) is 61.3 Å². The van der Waals surface area contributed by atoms with E-state index < -0.39 is 17.5 Å². The number of hydrogen-bond donors (Lipinski definition) is 2. The molecule has 1 aromatic carbocycles. The molecule has 2 aromatic rings. The molecule has 5 nitrogen and oxygen atoms in total. The molecule has 0 saturated heterocycles. The van der Waals surface area contributed by atoms with Crippen molar-refractivity contribution < 1.29 is 24.5 Å². The molecule has 0 amide bonds. The summed E-state index contributed by atoms with van der Waals surface area (Å²) in [5.41, 5.74) is -0.853. The van der Waals surface area contributed by atoms with E-state index in [0.29, 0.717) is 12.2 Å². The second kappa shape index (κ2) is 8.30. The van der Waals surface area contributed by atoms with E-state index in [1.807, 2.05) is 13.0 Å². The highest BCUT2D eigenvalue weighted by atomic mass is 32.1. The summed E-state index contributed by atoms with van der Waals surface area (Å²) < 4.78 is 6.69. The Kier molecular flexibility index (Phi) is 6.05. The molecule has 0 unspecified atom stereocenters. The summed E-state index contributed by atoms with van der Waals surface area (Å²) >= 11 is 1.71. The van der Waals surface area contributed by atoms with Gasteiger partial charge < -0.3 is 14.9 Å². The van der Waals surface area contributed by atoms with E-state index in [9.17, 15) is 19.8 Å². The summed E-state index contributed by atoms with van der Waals surface area (Å²) in [6.07, 6.45) is 7.73. The van der Waals surface area contributed by atoms with E-state index in [1.165, 1.54) is 28.7 Å². The number of aryl methyl sites for hydroxylation is 2. The molecule has 6 heteroatoms. The van der Waals surface area contributed by atoms with Crippen LogP contribution in [0, 0.1) is 0 Å². The van der Waals surface area contributed by atoms with Crippen LogP contribution in [0.25, 0.3) is 10.1 Å². The molecule has 146 valence electrons. The van der Waals surface area contributed by atoms with E-state index in [-0.39, 0.29) is 6.42 Å². The maximum Gasteiger partial charge on any atom is 0.360 e. The first-order valence-corrected chi connectivity index (χ1v) is 10.5. The minimum absolute atomic E-state index is 0.0450. The van der Waals surface area contributed by atoms with E-state index in [4.69, 9.17) is 4.74 Å². The monoisotopic (exact) mass is 390 g/mol. The first-order chi connectivity index (χ1) is 13.0. The predicted octanol–water partition coefficient (Wildman–Crippen LogP) is 5.04. The number of fused-ring (bicyclic) bond motifs is 3. The molecular weight excluding hydrogens is 364 g/mol. The molecule has 1 aliphatic carbocycles. The second-order valence-corrected chi connectivity index (χ2v) is 8.36. The van der Waals surface area contributed by atoms with Crippen molar-refractivity contribution in [3.63, 3.8) is 0 Å². The Morgan fingerprint density at radius 3 is 2.56 bits per heavy atom. The Labute approximate surface area is 163 Å². The maximum atomic E-state index is 11.9. The van der Waals surface area contributed by atoms with E-state index in [0.717, 1.165) is 36.8 Å². The smallest absolute Gasteiger partial charge is 0.360 e. The van der Waals surface area contributed by atoms with Crippen LogP contribution in [0.15, 0.2) is 18.2 Å². The lowest BCUT2D eigenvalue weighted by Crippen LogP contribution is -2.51. The molecule has 3 rings (SSSR count). The van der Waals surface area contributed by atoms with E-state index in [2.05, 4.69) is 0 Å². The number of rotatable bonds is 9. The van der Waals surface area contributed by atoms with Gasteiger partial charge in [-0.3, -0.25) is 0 Å². The topological polar surface area (TPSA) is 83.8 Å². The largest absolute Gasteiger partial charge is 0.478 e. The highest BCUT2D eigenvalue weighted by Crippen LogP contribution is 2.38. The number of carbonyl (C=O) groups is 2. The van der Waals surface area contributed by atoms with Crippen molar-refractivity contribution in [2.75, 3.05) is 0 Å². The fourth-order valence-electron chi connectivity index (χ4n) is 3.75. The van der Waals surface area contributed by atoms with Gasteiger partial charge in [-0.1, -0.05) is 26.2 Å². The van der Waals surface area contributed by atoms with Gasteiger partial charge in [-0.2, -0.15) is 0 Å². The number of ether oxygens (including phenoxy) is 1. The second-order valence-electron chi connectivity index (χ2n) is 7.22. The molecule has 0 aliphatic heterocycles. The third kappa shape index (κ3) is 3.95. The zero-order valence-corrected chi connectivity index (χ0v) is 16.4. The molecule has 1 heterocycles. The normalized spacial score (nSPS) is 14.1. The highest BCUT2D eigenvalue weighted by Gasteiger charge is 2.49. The quantitative estimate of drug-likeness (QED) is 0.463. The number of hydrogen-bond acceptors (Lipinski definition) is 4. The first-order valence-electron chi connectivity index (χ1n) is 9.68. The van der Waals surface area contributed by atoms with Crippen LogP contribution in [0.3, 0.4) is 0 Å². The molecular formula is C21H26O5S. The van der Waals surface area contributed by atoms with Crippen LogP contribution in [0.2, 0.25) is 0 Å².